The van der Waals surface area contributed by atoms with Crippen molar-refractivity contribution in [2.24, 2.45) is 0 Å². The molecule has 4 nitrogen and oxygen atoms in total. The molecule has 4 heteroatoms. The van der Waals surface area contributed by atoms with Gasteiger partial charge in [-0.3, -0.25) is 9.59 Å². The third-order valence-corrected chi connectivity index (χ3v) is 5.45. The summed E-state index contributed by atoms with van der Waals surface area (Å²) in [6, 6.07) is 34.2. The molecular formula is C28H20N2O2. The fraction of sp³-hybridized carbons (Fsp3) is 0. The maximum Gasteiger partial charge on any atom is 0.255 e. The number of fused-ring (bicyclic) bond motifs is 2. The van der Waals surface area contributed by atoms with Crippen LogP contribution >= 0.6 is 0 Å². The summed E-state index contributed by atoms with van der Waals surface area (Å²) in [6.07, 6.45) is 0. The molecule has 2 amide bonds. The van der Waals surface area contributed by atoms with Crippen molar-refractivity contribution in [2.75, 3.05) is 10.6 Å². The highest BCUT2D eigenvalue weighted by atomic mass is 16.2. The lowest BCUT2D eigenvalue weighted by atomic mass is 10.1. The number of amides is 2. The molecule has 0 atom stereocenters. The van der Waals surface area contributed by atoms with Crippen molar-refractivity contribution in [2.45, 2.75) is 0 Å². The average Bonchev–Trinajstić information content (AvgIpc) is 2.84. The van der Waals surface area contributed by atoms with Crippen LogP contribution in [0.2, 0.25) is 0 Å². The summed E-state index contributed by atoms with van der Waals surface area (Å²) in [5, 5.41) is 10.00. The quantitative estimate of drug-likeness (QED) is 0.351. The van der Waals surface area contributed by atoms with Crippen molar-refractivity contribution < 1.29 is 9.59 Å². The van der Waals surface area contributed by atoms with Crippen molar-refractivity contribution in [1.82, 2.24) is 0 Å². The lowest BCUT2D eigenvalue weighted by molar-refractivity contribution is 0.101. The first-order chi connectivity index (χ1) is 15.7. The highest BCUT2D eigenvalue weighted by molar-refractivity contribution is 6.11. The summed E-state index contributed by atoms with van der Waals surface area (Å²) in [6.45, 7) is 0. The molecule has 0 saturated heterocycles. The van der Waals surface area contributed by atoms with Gasteiger partial charge in [0.05, 0.1) is 11.4 Å². The zero-order valence-corrected chi connectivity index (χ0v) is 17.2. The monoisotopic (exact) mass is 416 g/mol. The van der Waals surface area contributed by atoms with E-state index in [0.717, 1.165) is 21.5 Å². The number of rotatable bonds is 4. The molecule has 0 aliphatic rings. The van der Waals surface area contributed by atoms with Gasteiger partial charge in [0.25, 0.3) is 11.8 Å². The minimum Gasteiger partial charge on any atom is -0.320 e. The van der Waals surface area contributed by atoms with E-state index in [2.05, 4.69) is 10.6 Å². The summed E-state index contributed by atoms with van der Waals surface area (Å²) in [4.78, 5) is 25.8. The van der Waals surface area contributed by atoms with Crippen molar-refractivity contribution in [3.8, 4) is 0 Å². The van der Waals surface area contributed by atoms with Gasteiger partial charge >= 0.3 is 0 Å². The topological polar surface area (TPSA) is 58.2 Å². The van der Waals surface area contributed by atoms with E-state index in [1.165, 1.54) is 0 Å². The van der Waals surface area contributed by atoms with Crippen LogP contribution in [0.5, 0.6) is 0 Å². The molecule has 0 aromatic heterocycles. The van der Waals surface area contributed by atoms with Crippen LogP contribution in [0.4, 0.5) is 11.4 Å². The van der Waals surface area contributed by atoms with Gasteiger partial charge in [0, 0.05) is 11.1 Å². The van der Waals surface area contributed by atoms with Crippen molar-refractivity contribution >= 4 is 44.7 Å². The summed E-state index contributed by atoms with van der Waals surface area (Å²) in [5.41, 5.74) is 2.19. The van der Waals surface area contributed by atoms with Crippen molar-refractivity contribution in [3.63, 3.8) is 0 Å². The molecule has 0 bridgehead atoms. The van der Waals surface area contributed by atoms with E-state index in [4.69, 9.17) is 0 Å². The summed E-state index contributed by atoms with van der Waals surface area (Å²) >= 11 is 0. The molecule has 0 aliphatic heterocycles. The molecule has 0 saturated carbocycles. The van der Waals surface area contributed by atoms with Gasteiger partial charge in [-0.25, -0.2) is 0 Å². The number of para-hydroxylation sites is 2. The van der Waals surface area contributed by atoms with E-state index in [-0.39, 0.29) is 11.8 Å². The van der Waals surface area contributed by atoms with E-state index in [9.17, 15) is 9.59 Å². The number of benzene rings is 5. The van der Waals surface area contributed by atoms with Gasteiger partial charge in [-0.2, -0.15) is 0 Å². The SMILES string of the molecule is O=C(Nc1ccccc1NC(=O)c1ccc2ccccc2c1)c1ccc2ccccc2c1. The maximum atomic E-state index is 12.9. The number of nitrogens with one attached hydrogen (secondary N) is 2. The predicted molar refractivity (Wildman–Crippen MR) is 130 cm³/mol. The fourth-order valence-electron chi connectivity index (χ4n) is 3.75. The molecule has 0 radical (unpaired) electrons. The highest BCUT2D eigenvalue weighted by Crippen LogP contribution is 2.24. The number of anilines is 2. The fourth-order valence-corrected chi connectivity index (χ4v) is 3.75. The Hall–Kier alpha value is -4.44. The van der Waals surface area contributed by atoms with E-state index in [1.54, 1.807) is 24.3 Å². The second-order valence-electron chi connectivity index (χ2n) is 7.58. The zero-order chi connectivity index (χ0) is 21.9. The Balaban J connectivity index is 1.38. The van der Waals surface area contributed by atoms with E-state index in [0.29, 0.717) is 22.5 Å². The Kier molecular flexibility index (Phi) is 5.10. The van der Waals surface area contributed by atoms with Gasteiger partial charge in [0.1, 0.15) is 0 Å². The second kappa shape index (κ2) is 8.36. The van der Waals surface area contributed by atoms with Crippen LogP contribution in [0.25, 0.3) is 21.5 Å². The average molecular weight is 416 g/mol. The van der Waals surface area contributed by atoms with Gasteiger partial charge in [-0.1, -0.05) is 72.8 Å². The number of carbonyl (C=O) groups excluding carboxylic acids is 2. The van der Waals surface area contributed by atoms with Crippen LogP contribution in [0.1, 0.15) is 20.7 Å². The Morgan fingerprint density at radius 1 is 0.438 bits per heavy atom. The van der Waals surface area contributed by atoms with Crippen LogP contribution in [0.3, 0.4) is 0 Å². The minimum atomic E-state index is -0.233. The van der Waals surface area contributed by atoms with Crippen molar-refractivity contribution in [1.29, 1.82) is 0 Å². The number of hydrogen-bond acceptors (Lipinski definition) is 2. The lowest BCUT2D eigenvalue weighted by Crippen LogP contribution is -2.16. The van der Waals surface area contributed by atoms with Crippen LogP contribution in [0, 0.1) is 0 Å². The Labute approximate surface area is 185 Å². The third kappa shape index (κ3) is 3.94. The normalized spacial score (nSPS) is 10.8. The molecule has 154 valence electrons. The standard InChI is InChI=1S/C28H20N2O2/c31-27(23-15-13-19-7-1-3-9-21(19)17-23)29-25-11-5-6-12-26(25)30-28(32)24-16-14-20-8-2-4-10-22(20)18-24/h1-18H,(H,29,31)(H,30,32). The Morgan fingerprint density at radius 2 is 0.812 bits per heavy atom. The highest BCUT2D eigenvalue weighted by Gasteiger charge is 2.13. The van der Waals surface area contributed by atoms with Gasteiger partial charge < -0.3 is 10.6 Å². The second-order valence-corrected chi connectivity index (χ2v) is 7.58. The molecule has 0 aliphatic carbocycles. The zero-order valence-electron chi connectivity index (χ0n) is 17.2. The van der Waals surface area contributed by atoms with Gasteiger partial charge in [0.15, 0.2) is 0 Å². The first kappa shape index (κ1) is 19.5. The molecule has 0 heterocycles. The van der Waals surface area contributed by atoms with Crippen LogP contribution < -0.4 is 10.6 Å². The molecule has 5 aromatic rings. The summed E-state index contributed by atoms with van der Waals surface area (Å²) in [5.74, 6) is -0.466. The lowest BCUT2D eigenvalue weighted by Gasteiger charge is -2.13. The first-order valence-electron chi connectivity index (χ1n) is 10.4. The van der Waals surface area contributed by atoms with Crippen LogP contribution in [-0.4, -0.2) is 11.8 Å². The Bertz CT molecular complexity index is 1360. The minimum absolute atomic E-state index is 0.233. The molecule has 5 aromatic carbocycles. The first-order valence-corrected chi connectivity index (χ1v) is 10.4. The molecule has 2 N–H and O–H groups in total. The molecule has 0 fully saturated rings. The summed E-state index contributed by atoms with van der Waals surface area (Å²) in [7, 11) is 0. The van der Waals surface area contributed by atoms with Crippen LogP contribution in [0.15, 0.2) is 109 Å². The molecule has 0 unspecified atom stereocenters. The number of carbonyl (C=O) groups is 2. The molecule has 32 heavy (non-hydrogen) atoms. The number of hydrogen-bond donors (Lipinski definition) is 2. The van der Waals surface area contributed by atoms with E-state index < -0.39 is 0 Å². The van der Waals surface area contributed by atoms with Gasteiger partial charge in [-0.05, 0) is 57.9 Å². The van der Waals surface area contributed by atoms with E-state index >= 15 is 0 Å². The summed E-state index contributed by atoms with van der Waals surface area (Å²) < 4.78 is 0. The largest absolute Gasteiger partial charge is 0.320 e. The van der Waals surface area contributed by atoms with Crippen LogP contribution in [-0.2, 0) is 0 Å². The smallest absolute Gasteiger partial charge is 0.255 e. The van der Waals surface area contributed by atoms with Gasteiger partial charge in [-0.15, -0.1) is 0 Å². The van der Waals surface area contributed by atoms with Crippen molar-refractivity contribution in [3.05, 3.63) is 120 Å². The predicted octanol–water partition coefficient (Wildman–Crippen LogP) is 6.50. The molecule has 5 rings (SSSR count). The molecule has 0 spiro atoms. The third-order valence-electron chi connectivity index (χ3n) is 5.45. The van der Waals surface area contributed by atoms with Gasteiger partial charge in [0.2, 0.25) is 0 Å². The maximum absolute atomic E-state index is 12.9. The molecular weight excluding hydrogens is 396 g/mol. The van der Waals surface area contributed by atoms with E-state index in [1.807, 2.05) is 84.9 Å². The Morgan fingerprint density at radius 3 is 1.25 bits per heavy atom.